The van der Waals surface area contributed by atoms with Crippen molar-refractivity contribution in [1.82, 2.24) is 4.90 Å². The van der Waals surface area contributed by atoms with Crippen LogP contribution in [0.1, 0.15) is 25.0 Å². The van der Waals surface area contributed by atoms with E-state index in [-0.39, 0.29) is 17.7 Å². The quantitative estimate of drug-likeness (QED) is 0.847. The molecule has 0 saturated carbocycles. The Balaban J connectivity index is 2.00. The van der Waals surface area contributed by atoms with E-state index in [4.69, 9.17) is 4.74 Å². The molecule has 1 aromatic rings. The Morgan fingerprint density at radius 1 is 1.50 bits per heavy atom. The fourth-order valence-electron chi connectivity index (χ4n) is 2.49. The monoisotopic (exact) mass is 279 g/mol. The molecule has 0 spiro atoms. The number of nitrogens with zero attached hydrogens (tertiary/aromatic N) is 1. The maximum Gasteiger partial charge on any atom is 0.167 e. The van der Waals surface area contributed by atoms with Gasteiger partial charge in [0.1, 0.15) is 11.9 Å². The lowest BCUT2D eigenvalue weighted by Crippen LogP contribution is -2.49. The molecule has 3 nitrogen and oxygen atoms in total. The molecule has 1 aromatic carbocycles. The van der Waals surface area contributed by atoms with Crippen LogP contribution >= 0.6 is 0 Å². The van der Waals surface area contributed by atoms with Crippen molar-refractivity contribution in [3.8, 4) is 0 Å². The topological polar surface area (TPSA) is 29.5 Å². The summed E-state index contributed by atoms with van der Waals surface area (Å²) < 4.78 is 18.7. The van der Waals surface area contributed by atoms with E-state index in [0.717, 1.165) is 17.7 Å². The maximum absolute atomic E-state index is 13.1. The number of ketones is 1. The minimum absolute atomic E-state index is 0.0741. The molecule has 1 unspecified atom stereocenters. The Morgan fingerprint density at radius 3 is 2.90 bits per heavy atom. The maximum atomic E-state index is 13.1. The highest BCUT2D eigenvalue weighted by Crippen LogP contribution is 2.15. The number of morpholine rings is 1. The number of aryl methyl sites for hydroxylation is 1. The van der Waals surface area contributed by atoms with Crippen LogP contribution in [0.5, 0.6) is 0 Å². The van der Waals surface area contributed by atoms with Crippen LogP contribution in [0.2, 0.25) is 0 Å². The summed E-state index contributed by atoms with van der Waals surface area (Å²) in [5.74, 6) is -0.191. The van der Waals surface area contributed by atoms with Gasteiger partial charge in [-0.25, -0.2) is 4.39 Å². The number of ether oxygens (including phenoxy) is 1. The second kappa shape index (κ2) is 6.46. The van der Waals surface area contributed by atoms with Crippen molar-refractivity contribution in [2.75, 3.05) is 19.7 Å². The number of hydrogen-bond acceptors (Lipinski definition) is 3. The molecular formula is C16H22FNO2. The van der Waals surface area contributed by atoms with Crippen LogP contribution in [0, 0.1) is 12.7 Å². The van der Waals surface area contributed by atoms with Gasteiger partial charge in [-0.3, -0.25) is 9.69 Å². The fraction of sp³-hybridized carbons (Fsp3) is 0.562. The predicted molar refractivity (Wildman–Crippen MR) is 76.3 cm³/mol. The second-order valence-electron chi connectivity index (χ2n) is 5.66. The highest BCUT2D eigenvalue weighted by atomic mass is 19.1. The number of benzene rings is 1. The van der Waals surface area contributed by atoms with Gasteiger partial charge in [0.15, 0.2) is 5.78 Å². The van der Waals surface area contributed by atoms with Gasteiger partial charge in [0.25, 0.3) is 0 Å². The largest absolute Gasteiger partial charge is 0.368 e. The van der Waals surface area contributed by atoms with Gasteiger partial charge in [-0.15, -0.1) is 0 Å². The zero-order valence-electron chi connectivity index (χ0n) is 12.4. The SMILES string of the molecule is Cc1cc(F)ccc1CC(=O)C1CN(C(C)C)CCO1. The summed E-state index contributed by atoms with van der Waals surface area (Å²) in [4.78, 5) is 14.6. The van der Waals surface area contributed by atoms with Crippen LogP contribution in [0.15, 0.2) is 18.2 Å². The summed E-state index contributed by atoms with van der Waals surface area (Å²) in [5, 5.41) is 0. The number of carbonyl (C=O) groups excluding carboxylic acids is 1. The molecule has 2 rings (SSSR count). The van der Waals surface area contributed by atoms with Crippen molar-refractivity contribution in [2.45, 2.75) is 39.3 Å². The van der Waals surface area contributed by atoms with Crippen LogP contribution in [-0.2, 0) is 16.0 Å². The molecule has 4 heteroatoms. The number of Topliss-reactive ketones (excluding diaryl/α,β-unsaturated/α-hetero) is 1. The molecule has 1 aliphatic rings. The molecule has 1 aliphatic heterocycles. The van der Waals surface area contributed by atoms with E-state index in [1.165, 1.54) is 12.1 Å². The molecule has 1 saturated heterocycles. The van der Waals surface area contributed by atoms with E-state index in [0.29, 0.717) is 25.6 Å². The standard InChI is InChI=1S/C16H22FNO2/c1-11(2)18-6-7-20-16(10-18)15(19)9-13-4-5-14(17)8-12(13)3/h4-5,8,11,16H,6-7,9-10H2,1-3H3. The van der Waals surface area contributed by atoms with E-state index in [1.807, 2.05) is 6.92 Å². The fourth-order valence-corrected chi connectivity index (χ4v) is 2.49. The van der Waals surface area contributed by atoms with E-state index < -0.39 is 0 Å². The third-order valence-electron chi connectivity index (χ3n) is 3.86. The Bertz CT molecular complexity index is 487. The number of halogens is 1. The van der Waals surface area contributed by atoms with Gasteiger partial charge in [-0.1, -0.05) is 6.07 Å². The average molecular weight is 279 g/mol. The molecule has 0 aromatic heterocycles. The van der Waals surface area contributed by atoms with Gasteiger partial charge < -0.3 is 4.74 Å². The summed E-state index contributed by atoms with van der Waals surface area (Å²) >= 11 is 0. The zero-order chi connectivity index (χ0) is 14.7. The molecule has 0 N–H and O–H groups in total. The molecule has 0 amide bonds. The number of rotatable bonds is 4. The summed E-state index contributed by atoms with van der Waals surface area (Å²) in [6.07, 6.45) is -0.0569. The molecule has 0 bridgehead atoms. The van der Waals surface area contributed by atoms with Crippen molar-refractivity contribution >= 4 is 5.78 Å². The molecule has 1 heterocycles. The van der Waals surface area contributed by atoms with Crippen LogP contribution in [0.25, 0.3) is 0 Å². The molecule has 0 aliphatic carbocycles. The summed E-state index contributed by atoms with van der Waals surface area (Å²) in [7, 11) is 0. The van der Waals surface area contributed by atoms with Gasteiger partial charge in [0.05, 0.1) is 6.61 Å². The van der Waals surface area contributed by atoms with Gasteiger partial charge in [-0.2, -0.15) is 0 Å². The summed E-state index contributed by atoms with van der Waals surface area (Å²) in [6, 6.07) is 4.97. The first-order chi connectivity index (χ1) is 9.47. The lowest BCUT2D eigenvalue weighted by molar-refractivity contribution is -0.136. The first-order valence-electron chi connectivity index (χ1n) is 7.10. The first kappa shape index (κ1) is 15.1. The number of carbonyl (C=O) groups is 1. The Kier molecular flexibility index (Phi) is 4.89. The van der Waals surface area contributed by atoms with E-state index >= 15 is 0 Å². The molecular weight excluding hydrogens is 257 g/mol. The smallest absolute Gasteiger partial charge is 0.167 e. The van der Waals surface area contributed by atoms with Gasteiger partial charge in [0, 0.05) is 25.6 Å². The predicted octanol–water partition coefficient (Wildman–Crippen LogP) is 2.35. The van der Waals surface area contributed by atoms with Crippen LogP contribution in [0.4, 0.5) is 4.39 Å². The van der Waals surface area contributed by atoms with Gasteiger partial charge >= 0.3 is 0 Å². The van der Waals surface area contributed by atoms with E-state index in [9.17, 15) is 9.18 Å². The third kappa shape index (κ3) is 3.64. The van der Waals surface area contributed by atoms with Crippen molar-refractivity contribution in [1.29, 1.82) is 0 Å². The van der Waals surface area contributed by atoms with Crippen LogP contribution in [0.3, 0.4) is 0 Å². The Labute approximate surface area is 119 Å². The molecule has 20 heavy (non-hydrogen) atoms. The lowest BCUT2D eigenvalue weighted by Gasteiger charge is -2.34. The highest BCUT2D eigenvalue weighted by molar-refractivity contribution is 5.85. The Hall–Kier alpha value is -1.26. The minimum Gasteiger partial charge on any atom is -0.368 e. The zero-order valence-corrected chi connectivity index (χ0v) is 12.4. The first-order valence-corrected chi connectivity index (χ1v) is 7.10. The number of hydrogen-bond donors (Lipinski definition) is 0. The van der Waals surface area contributed by atoms with Crippen molar-refractivity contribution in [3.05, 3.63) is 35.1 Å². The van der Waals surface area contributed by atoms with E-state index in [1.54, 1.807) is 6.07 Å². The summed E-state index contributed by atoms with van der Waals surface area (Å²) in [6.45, 7) is 8.19. The summed E-state index contributed by atoms with van der Waals surface area (Å²) in [5.41, 5.74) is 1.69. The van der Waals surface area contributed by atoms with E-state index in [2.05, 4.69) is 18.7 Å². The molecule has 1 atom stereocenters. The molecule has 1 fully saturated rings. The third-order valence-corrected chi connectivity index (χ3v) is 3.86. The second-order valence-corrected chi connectivity index (χ2v) is 5.66. The molecule has 110 valence electrons. The van der Waals surface area contributed by atoms with Crippen molar-refractivity contribution in [3.63, 3.8) is 0 Å². The van der Waals surface area contributed by atoms with Crippen LogP contribution < -0.4 is 0 Å². The van der Waals surface area contributed by atoms with Crippen LogP contribution in [-0.4, -0.2) is 42.5 Å². The minimum atomic E-state index is -0.365. The van der Waals surface area contributed by atoms with Crippen molar-refractivity contribution < 1.29 is 13.9 Å². The average Bonchev–Trinajstić information content (AvgIpc) is 2.42. The highest BCUT2D eigenvalue weighted by Gasteiger charge is 2.27. The van der Waals surface area contributed by atoms with Crippen molar-refractivity contribution in [2.24, 2.45) is 0 Å². The van der Waals surface area contributed by atoms with Gasteiger partial charge in [-0.05, 0) is 44.0 Å². The lowest BCUT2D eigenvalue weighted by atomic mass is 10.00. The molecule has 0 radical (unpaired) electrons. The van der Waals surface area contributed by atoms with Gasteiger partial charge in [0.2, 0.25) is 0 Å². The Morgan fingerprint density at radius 2 is 2.25 bits per heavy atom. The normalized spacial score (nSPS) is 20.4.